The minimum atomic E-state index is 0.568. The molecule has 0 aliphatic carbocycles. The van der Waals surface area contributed by atoms with Crippen LogP contribution in [0.5, 0.6) is 0 Å². The SMILES string of the molecule is CCSCC(C)NCc1ccc(N2CCOCC2)cc1. The van der Waals surface area contributed by atoms with Crippen molar-refractivity contribution in [1.82, 2.24) is 5.32 Å². The Kier molecular flexibility index (Phi) is 6.70. The first-order valence-electron chi connectivity index (χ1n) is 7.52. The largest absolute Gasteiger partial charge is 0.378 e. The van der Waals surface area contributed by atoms with E-state index in [2.05, 4.69) is 48.3 Å². The van der Waals surface area contributed by atoms with E-state index in [1.807, 2.05) is 11.8 Å². The summed E-state index contributed by atoms with van der Waals surface area (Å²) in [4.78, 5) is 2.39. The zero-order chi connectivity index (χ0) is 14.2. The Morgan fingerprint density at radius 2 is 1.95 bits per heavy atom. The summed E-state index contributed by atoms with van der Waals surface area (Å²) in [5.41, 5.74) is 2.67. The molecule has 20 heavy (non-hydrogen) atoms. The van der Waals surface area contributed by atoms with E-state index < -0.39 is 0 Å². The number of anilines is 1. The van der Waals surface area contributed by atoms with Gasteiger partial charge >= 0.3 is 0 Å². The van der Waals surface area contributed by atoms with E-state index in [0.29, 0.717) is 6.04 Å². The topological polar surface area (TPSA) is 24.5 Å². The van der Waals surface area contributed by atoms with E-state index in [4.69, 9.17) is 4.74 Å². The van der Waals surface area contributed by atoms with Crippen LogP contribution >= 0.6 is 11.8 Å². The Morgan fingerprint density at radius 1 is 1.25 bits per heavy atom. The summed E-state index contributed by atoms with van der Waals surface area (Å²) in [5.74, 6) is 2.38. The van der Waals surface area contributed by atoms with Crippen molar-refractivity contribution >= 4 is 17.4 Å². The number of morpholine rings is 1. The number of hydrogen-bond acceptors (Lipinski definition) is 4. The van der Waals surface area contributed by atoms with Crippen LogP contribution in [0.25, 0.3) is 0 Å². The van der Waals surface area contributed by atoms with E-state index in [0.717, 1.165) is 32.8 Å². The second kappa shape index (κ2) is 8.55. The summed E-state index contributed by atoms with van der Waals surface area (Å²) >= 11 is 1.99. The molecule has 1 aromatic carbocycles. The average Bonchev–Trinajstić information content (AvgIpc) is 2.52. The summed E-state index contributed by atoms with van der Waals surface area (Å²) in [6.45, 7) is 9.11. The second-order valence-electron chi connectivity index (χ2n) is 5.21. The molecular weight excluding hydrogens is 268 g/mol. The summed E-state index contributed by atoms with van der Waals surface area (Å²) in [5, 5.41) is 3.58. The van der Waals surface area contributed by atoms with Crippen LogP contribution < -0.4 is 10.2 Å². The second-order valence-corrected chi connectivity index (χ2v) is 6.53. The van der Waals surface area contributed by atoms with Crippen LogP contribution in [0.1, 0.15) is 19.4 Å². The van der Waals surface area contributed by atoms with E-state index in [1.165, 1.54) is 22.8 Å². The lowest BCUT2D eigenvalue weighted by molar-refractivity contribution is 0.122. The van der Waals surface area contributed by atoms with E-state index in [1.54, 1.807) is 0 Å². The standard InChI is InChI=1S/C16H26N2OS/c1-3-20-13-14(2)17-12-15-4-6-16(7-5-15)18-8-10-19-11-9-18/h4-7,14,17H,3,8-13H2,1-2H3. The van der Waals surface area contributed by atoms with Gasteiger partial charge in [-0.05, 0) is 30.4 Å². The van der Waals surface area contributed by atoms with Crippen LogP contribution in [0.3, 0.4) is 0 Å². The first kappa shape index (κ1) is 15.7. The molecule has 1 fully saturated rings. The van der Waals surface area contributed by atoms with Crippen LogP contribution in [0.2, 0.25) is 0 Å². The van der Waals surface area contributed by atoms with Gasteiger partial charge in [-0.2, -0.15) is 11.8 Å². The molecule has 1 heterocycles. The van der Waals surface area contributed by atoms with Gasteiger partial charge in [-0.25, -0.2) is 0 Å². The molecule has 3 nitrogen and oxygen atoms in total. The molecule has 1 N–H and O–H groups in total. The van der Waals surface area contributed by atoms with Crippen molar-refractivity contribution in [1.29, 1.82) is 0 Å². The fourth-order valence-electron chi connectivity index (χ4n) is 2.29. The van der Waals surface area contributed by atoms with E-state index in [-0.39, 0.29) is 0 Å². The number of thioether (sulfide) groups is 1. The lowest BCUT2D eigenvalue weighted by atomic mass is 10.2. The third-order valence-corrected chi connectivity index (χ3v) is 4.68. The molecule has 1 aliphatic heterocycles. The van der Waals surface area contributed by atoms with Crippen molar-refractivity contribution in [2.75, 3.05) is 42.7 Å². The van der Waals surface area contributed by atoms with Gasteiger partial charge in [0.05, 0.1) is 13.2 Å². The molecule has 112 valence electrons. The van der Waals surface area contributed by atoms with Gasteiger partial charge in [0.15, 0.2) is 0 Å². The lowest BCUT2D eigenvalue weighted by Gasteiger charge is -2.29. The molecule has 0 saturated carbocycles. The van der Waals surface area contributed by atoms with Gasteiger partial charge in [0, 0.05) is 37.1 Å². The first-order valence-corrected chi connectivity index (χ1v) is 8.68. The van der Waals surface area contributed by atoms with Crippen molar-refractivity contribution in [3.8, 4) is 0 Å². The Balaban J connectivity index is 1.79. The number of rotatable bonds is 7. The molecule has 0 radical (unpaired) electrons. The van der Waals surface area contributed by atoms with Gasteiger partial charge in [0.1, 0.15) is 0 Å². The van der Waals surface area contributed by atoms with Crippen molar-refractivity contribution in [2.45, 2.75) is 26.4 Å². The zero-order valence-electron chi connectivity index (χ0n) is 12.6. The fourth-order valence-corrected chi connectivity index (χ4v) is 3.00. The van der Waals surface area contributed by atoms with Gasteiger partial charge in [-0.1, -0.05) is 19.1 Å². The maximum atomic E-state index is 5.39. The molecule has 1 aromatic rings. The highest BCUT2D eigenvalue weighted by Gasteiger charge is 2.10. The van der Waals surface area contributed by atoms with E-state index in [9.17, 15) is 0 Å². The normalized spacial score (nSPS) is 17.2. The Hall–Kier alpha value is -0.710. The maximum absolute atomic E-state index is 5.39. The Morgan fingerprint density at radius 3 is 2.60 bits per heavy atom. The lowest BCUT2D eigenvalue weighted by Crippen LogP contribution is -2.36. The Labute approximate surface area is 127 Å². The number of nitrogens with one attached hydrogen (secondary N) is 1. The molecule has 0 spiro atoms. The number of nitrogens with zero attached hydrogens (tertiary/aromatic N) is 1. The number of ether oxygens (including phenoxy) is 1. The van der Waals surface area contributed by atoms with Gasteiger partial charge in [0.2, 0.25) is 0 Å². The summed E-state index contributed by atoms with van der Waals surface area (Å²) in [6, 6.07) is 9.50. The van der Waals surface area contributed by atoms with Gasteiger partial charge in [-0.3, -0.25) is 0 Å². The third-order valence-electron chi connectivity index (χ3n) is 3.54. The van der Waals surface area contributed by atoms with Crippen molar-refractivity contribution in [3.63, 3.8) is 0 Å². The van der Waals surface area contributed by atoms with Gasteiger partial charge in [0.25, 0.3) is 0 Å². The molecule has 0 aromatic heterocycles. The summed E-state index contributed by atoms with van der Waals surface area (Å²) in [7, 11) is 0. The summed E-state index contributed by atoms with van der Waals surface area (Å²) < 4.78 is 5.39. The number of hydrogen-bond donors (Lipinski definition) is 1. The smallest absolute Gasteiger partial charge is 0.0642 e. The van der Waals surface area contributed by atoms with Crippen LogP contribution in [-0.4, -0.2) is 43.9 Å². The maximum Gasteiger partial charge on any atom is 0.0642 e. The van der Waals surface area contributed by atoms with Crippen molar-refractivity contribution < 1.29 is 4.74 Å². The van der Waals surface area contributed by atoms with Crippen LogP contribution in [0.4, 0.5) is 5.69 Å². The minimum absolute atomic E-state index is 0.568. The zero-order valence-corrected chi connectivity index (χ0v) is 13.4. The predicted octanol–water partition coefficient (Wildman–Crippen LogP) is 2.75. The molecular formula is C16H26N2OS. The highest BCUT2D eigenvalue weighted by Crippen LogP contribution is 2.16. The van der Waals surface area contributed by atoms with Crippen molar-refractivity contribution in [2.24, 2.45) is 0 Å². The molecule has 2 rings (SSSR count). The highest BCUT2D eigenvalue weighted by molar-refractivity contribution is 7.99. The van der Waals surface area contributed by atoms with Gasteiger partial charge < -0.3 is 15.0 Å². The Bertz CT molecular complexity index is 377. The van der Waals surface area contributed by atoms with Crippen LogP contribution in [0, 0.1) is 0 Å². The average molecular weight is 294 g/mol. The third kappa shape index (κ3) is 5.00. The monoisotopic (exact) mass is 294 g/mol. The minimum Gasteiger partial charge on any atom is -0.378 e. The highest BCUT2D eigenvalue weighted by atomic mass is 32.2. The van der Waals surface area contributed by atoms with E-state index >= 15 is 0 Å². The number of benzene rings is 1. The molecule has 0 bridgehead atoms. The van der Waals surface area contributed by atoms with Crippen molar-refractivity contribution in [3.05, 3.63) is 29.8 Å². The summed E-state index contributed by atoms with van der Waals surface area (Å²) in [6.07, 6.45) is 0. The molecule has 1 aliphatic rings. The first-order chi connectivity index (χ1) is 9.79. The molecule has 1 unspecified atom stereocenters. The quantitative estimate of drug-likeness (QED) is 0.836. The molecule has 4 heteroatoms. The molecule has 0 amide bonds. The fraction of sp³-hybridized carbons (Fsp3) is 0.625. The molecule has 1 saturated heterocycles. The van der Waals surface area contributed by atoms with Gasteiger partial charge in [-0.15, -0.1) is 0 Å². The van der Waals surface area contributed by atoms with Crippen LogP contribution in [-0.2, 0) is 11.3 Å². The predicted molar refractivity (Wildman–Crippen MR) is 88.8 cm³/mol. The molecule has 1 atom stereocenters. The van der Waals surface area contributed by atoms with Crippen LogP contribution in [0.15, 0.2) is 24.3 Å².